The second kappa shape index (κ2) is 6.12. The number of aryl methyl sites for hydroxylation is 1. The molecule has 18 heavy (non-hydrogen) atoms. The van der Waals surface area contributed by atoms with Crippen LogP contribution in [0.4, 0.5) is 5.82 Å². The van der Waals surface area contributed by atoms with Crippen LogP contribution in [0, 0.1) is 0 Å². The molecular weight excluding hydrogens is 242 g/mol. The first kappa shape index (κ1) is 12.5. The Bertz CT molecular complexity index is 514. The highest BCUT2D eigenvalue weighted by Gasteiger charge is 2.01. The van der Waals surface area contributed by atoms with Gasteiger partial charge in [0, 0.05) is 17.3 Å². The van der Waals surface area contributed by atoms with E-state index in [1.807, 2.05) is 36.0 Å². The van der Waals surface area contributed by atoms with Gasteiger partial charge in [-0.25, -0.2) is 9.99 Å². The summed E-state index contributed by atoms with van der Waals surface area (Å²) >= 11 is 1.65. The molecule has 0 saturated heterocycles. The molecule has 0 aromatic carbocycles. The van der Waals surface area contributed by atoms with E-state index in [1.165, 1.54) is 5.56 Å². The van der Waals surface area contributed by atoms with Gasteiger partial charge in [0.15, 0.2) is 5.82 Å². The number of thiophene rings is 1. The predicted molar refractivity (Wildman–Crippen MR) is 78.2 cm³/mol. The second-order valence-corrected chi connectivity index (χ2v) is 4.64. The Morgan fingerprint density at radius 1 is 1.44 bits per heavy atom. The molecule has 0 radical (unpaired) electrons. The van der Waals surface area contributed by atoms with Crippen LogP contribution in [0.2, 0.25) is 0 Å². The van der Waals surface area contributed by atoms with E-state index < -0.39 is 0 Å². The molecule has 0 fully saturated rings. The van der Waals surface area contributed by atoms with Gasteiger partial charge >= 0.3 is 0 Å². The van der Waals surface area contributed by atoms with Crippen LogP contribution in [0.15, 0.2) is 53.7 Å². The molecular formula is C14H15N3S. The van der Waals surface area contributed by atoms with Crippen molar-refractivity contribution in [3.05, 3.63) is 59.1 Å². The van der Waals surface area contributed by atoms with Crippen molar-refractivity contribution in [3.63, 3.8) is 0 Å². The van der Waals surface area contributed by atoms with Crippen molar-refractivity contribution in [3.8, 4) is 0 Å². The number of hydrogen-bond acceptors (Lipinski definition) is 4. The lowest BCUT2D eigenvalue weighted by molar-refractivity contribution is 1.02. The highest BCUT2D eigenvalue weighted by atomic mass is 32.1. The van der Waals surface area contributed by atoms with E-state index in [-0.39, 0.29) is 0 Å². The van der Waals surface area contributed by atoms with Crippen molar-refractivity contribution in [1.82, 2.24) is 4.98 Å². The standard InChI is InChI=1S/C14H15N3S/c1-3-12-7-8-14(15-10-12)17(4-2)16-11-13-6-5-9-18-13/h4-11H,2-3H2,1H3/b16-11+. The Balaban J connectivity index is 2.14. The smallest absolute Gasteiger partial charge is 0.153 e. The van der Waals surface area contributed by atoms with Crippen LogP contribution in [-0.4, -0.2) is 11.2 Å². The van der Waals surface area contributed by atoms with Crippen LogP contribution in [0.5, 0.6) is 0 Å². The molecule has 0 saturated carbocycles. The molecule has 3 nitrogen and oxygen atoms in total. The van der Waals surface area contributed by atoms with Crippen molar-refractivity contribution in [2.45, 2.75) is 13.3 Å². The quantitative estimate of drug-likeness (QED) is 0.603. The molecule has 2 heterocycles. The summed E-state index contributed by atoms with van der Waals surface area (Å²) in [6, 6.07) is 8.02. The first-order valence-corrected chi connectivity index (χ1v) is 6.65. The van der Waals surface area contributed by atoms with Crippen molar-refractivity contribution in [2.24, 2.45) is 5.10 Å². The number of aromatic nitrogens is 1. The van der Waals surface area contributed by atoms with E-state index in [4.69, 9.17) is 0 Å². The Labute approximate surface area is 111 Å². The van der Waals surface area contributed by atoms with Crippen LogP contribution in [0.25, 0.3) is 0 Å². The van der Waals surface area contributed by atoms with Crippen molar-refractivity contribution in [1.29, 1.82) is 0 Å². The highest BCUT2D eigenvalue weighted by Crippen LogP contribution is 2.13. The minimum absolute atomic E-state index is 0.773. The topological polar surface area (TPSA) is 28.5 Å². The molecule has 0 aliphatic rings. The molecule has 4 heteroatoms. The van der Waals surface area contributed by atoms with Gasteiger partial charge in [-0.05, 0) is 29.5 Å². The van der Waals surface area contributed by atoms with Gasteiger partial charge in [-0.2, -0.15) is 5.10 Å². The molecule has 0 bridgehead atoms. The lowest BCUT2D eigenvalue weighted by Crippen LogP contribution is -2.08. The predicted octanol–water partition coefficient (Wildman–Crippen LogP) is 3.69. The molecule has 2 aromatic heterocycles. The third-order valence-electron chi connectivity index (χ3n) is 2.48. The van der Waals surface area contributed by atoms with Crippen LogP contribution >= 0.6 is 11.3 Å². The van der Waals surface area contributed by atoms with Gasteiger partial charge in [-0.3, -0.25) is 0 Å². The van der Waals surface area contributed by atoms with Crippen molar-refractivity contribution < 1.29 is 0 Å². The molecule has 0 spiro atoms. The molecule has 0 aliphatic heterocycles. The normalized spacial score (nSPS) is 10.7. The summed E-state index contributed by atoms with van der Waals surface area (Å²) in [5.41, 5.74) is 1.21. The van der Waals surface area contributed by atoms with Crippen LogP contribution in [0.3, 0.4) is 0 Å². The molecule has 0 unspecified atom stereocenters. The zero-order valence-corrected chi connectivity index (χ0v) is 11.1. The molecule has 2 aromatic rings. The maximum Gasteiger partial charge on any atom is 0.153 e. The van der Waals surface area contributed by atoms with E-state index in [0.29, 0.717) is 0 Å². The third-order valence-corrected chi connectivity index (χ3v) is 3.28. The SMILES string of the molecule is C=CN(/N=C/c1cccs1)c1ccc(CC)cn1. The zero-order valence-electron chi connectivity index (χ0n) is 10.3. The summed E-state index contributed by atoms with van der Waals surface area (Å²) in [6.07, 6.45) is 6.31. The Hall–Kier alpha value is -1.94. The number of nitrogens with zero attached hydrogens (tertiary/aromatic N) is 3. The third kappa shape index (κ3) is 3.05. The molecule has 92 valence electrons. The number of anilines is 1. The summed E-state index contributed by atoms with van der Waals surface area (Å²) in [5.74, 6) is 0.773. The van der Waals surface area contributed by atoms with E-state index in [2.05, 4.69) is 29.7 Å². The summed E-state index contributed by atoms with van der Waals surface area (Å²) in [5, 5.41) is 8.04. The molecule has 0 atom stereocenters. The van der Waals surface area contributed by atoms with Crippen molar-refractivity contribution in [2.75, 3.05) is 5.01 Å². The van der Waals surface area contributed by atoms with Crippen LogP contribution in [0.1, 0.15) is 17.4 Å². The summed E-state index contributed by atoms with van der Waals surface area (Å²) in [4.78, 5) is 5.47. The second-order valence-electron chi connectivity index (χ2n) is 3.67. The van der Waals surface area contributed by atoms with E-state index in [9.17, 15) is 0 Å². The Kier molecular flexibility index (Phi) is 4.25. The zero-order chi connectivity index (χ0) is 12.8. The van der Waals surface area contributed by atoms with E-state index in [1.54, 1.807) is 22.5 Å². The summed E-state index contributed by atoms with van der Waals surface area (Å²) < 4.78 is 0. The van der Waals surface area contributed by atoms with Crippen LogP contribution < -0.4 is 5.01 Å². The average molecular weight is 257 g/mol. The summed E-state index contributed by atoms with van der Waals surface area (Å²) in [7, 11) is 0. The first-order valence-electron chi connectivity index (χ1n) is 5.77. The maximum absolute atomic E-state index is 4.36. The number of rotatable bonds is 5. The molecule has 2 rings (SSSR count). The minimum atomic E-state index is 0.773. The number of hydrazone groups is 1. The maximum atomic E-state index is 4.36. The largest absolute Gasteiger partial charge is 0.237 e. The fourth-order valence-electron chi connectivity index (χ4n) is 1.44. The van der Waals surface area contributed by atoms with Gasteiger partial charge < -0.3 is 0 Å². The fourth-order valence-corrected chi connectivity index (χ4v) is 2.02. The highest BCUT2D eigenvalue weighted by molar-refractivity contribution is 7.11. The lowest BCUT2D eigenvalue weighted by atomic mass is 10.2. The number of pyridine rings is 1. The van der Waals surface area contributed by atoms with E-state index >= 15 is 0 Å². The lowest BCUT2D eigenvalue weighted by Gasteiger charge is -2.12. The minimum Gasteiger partial charge on any atom is -0.237 e. The van der Waals surface area contributed by atoms with Crippen LogP contribution in [-0.2, 0) is 6.42 Å². The monoisotopic (exact) mass is 257 g/mol. The molecule has 0 N–H and O–H groups in total. The van der Waals surface area contributed by atoms with E-state index in [0.717, 1.165) is 17.1 Å². The average Bonchev–Trinajstić information content (AvgIpc) is 2.93. The Morgan fingerprint density at radius 3 is 2.89 bits per heavy atom. The molecule has 0 aliphatic carbocycles. The van der Waals surface area contributed by atoms with Gasteiger partial charge in [0.05, 0.1) is 6.21 Å². The number of hydrogen-bond donors (Lipinski definition) is 0. The van der Waals surface area contributed by atoms with Gasteiger partial charge in [0.2, 0.25) is 0 Å². The summed E-state index contributed by atoms with van der Waals surface area (Å²) in [6.45, 7) is 5.86. The first-order chi connectivity index (χ1) is 8.83. The van der Waals surface area contributed by atoms with Gasteiger partial charge in [-0.15, -0.1) is 11.3 Å². The van der Waals surface area contributed by atoms with Gasteiger partial charge in [0.1, 0.15) is 0 Å². The van der Waals surface area contributed by atoms with Gasteiger partial charge in [0.25, 0.3) is 0 Å². The van der Waals surface area contributed by atoms with Crippen molar-refractivity contribution >= 4 is 23.4 Å². The Morgan fingerprint density at radius 2 is 2.33 bits per heavy atom. The fraction of sp³-hybridized carbons (Fsp3) is 0.143. The molecule has 0 amide bonds. The van der Waals surface area contributed by atoms with Gasteiger partial charge in [-0.1, -0.05) is 25.6 Å².